The number of carbonyl (C=O) groups is 1. The molecule has 0 spiro atoms. The topological polar surface area (TPSA) is 122 Å². The Morgan fingerprint density at radius 2 is 2.25 bits per heavy atom. The number of carbonyl (C=O) groups excluding carboxylic acids is 1. The largest absolute Gasteiger partial charge is 0.393 e. The molecule has 0 heterocycles. The van der Waals surface area contributed by atoms with Crippen molar-refractivity contribution in [2.45, 2.75) is 25.3 Å². The van der Waals surface area contributed by atoms with Crippen LogP contribution in [0.1, 0.15) is 29.6 Å². The summed E-state index contributed by atoms with van der Waals surface area (Å²) >= 11 is 0. The highest BCUT2D eigenvalue weighted by atomic mass is 16.6. The molecule has 0 bridgehead atoms. The van der Waals surface area contributed by atoms with Crippen LogP contribution in [0.4, 0.5) is 11.4 Å². The van der Waals surface area contributed by atoms with Gasteiger partial charge in [0.15, 0.2) is 0 Å². The van der Waals surface area contributed by atoms with E-state index in [0.717, 1.165) is 19.3 Å². The molecule has 0 saturated heterocycles. The molecule has 1 aliphatic carbocycles. The van der Waals surface area contributed by atoms with Crippen LogP contribution in [0.2, 0.25) is 0 Å². The van der Waals surface area contributed by atoms with Crippen LogP contribution in [0, 0.1) is 27.4 Å². The predicted octanol–water partition coefficient (Wildman–Crippen LogP) is 1.60. The van der Waals surface area contributed by atoms with Gasteiger partial charge in [0.2, 0.25) is 0 Å². The van der Waals surface area contributed by atoms with Crippen molar-refractivity contribution in [2.24, 2.45) is 5.92 Å². The number of hydrogen-bond acceptors (Lipinski definition) is 5. The quantitative estimate of drug-likeness (QED) is 0.492. The maximum atomic E-state index is 12.1. The van der Waals surface area contributed by atoms with E-state index in [1.165, 1.54) is 18.2 Å². The number of para-hydroxylation sites is 1. The van der Waals surface area contributed by atoms with Crippen LogP contribution in [0.3, 0.4) is 0 Å². The smallest absolute Gasteiger partial charge is 0.292 e. The molecule has 0 aliphatic heterocycles. The van der Waals surface area contributed by atoms with Crippen molar-refractivity contribution in [3.8, 4) is 6.07 Å². The van der Waals surface area contributed by atoms with Gasteiger partial charge in [0, 0.05) is 12.1 Å². The lowest BCUT2D eigenvalue weighted by Gasteiger charge is -2.16. The van der Waals surface area contributed by atoms with Crippen molar-refractivity contribution < 1.29 is 9.72 Å². The van der Waals surface area contributed by atoms with Gasteiger partial charge in [-0.2, -0.15) is 5.26 Å². The maximum Gasteiger partial charge on any atom is 0.292 e. The molecular formula is C13H14N4O3. The molecule has 104 valence electrons. The number of anilines is 1. The first kappa shape index (κ1) is 13.8. The second-order valence-corrected chi connectivity index (χ2v) is 4.74. The molecule has 1 saturated carbocycles. The third-order valence-electron chi connectivity index (χ3n) is 3.52. The number of nitro groups is 1. The molecule has 1 amide bonds. The molecule has 7 nitrogen and oxygen atoms in total. The van der Waals surface area contributed by atoms with Gasteiger partial charge in [0.05, 0.1) is 22.5 Å². The first-order valence-corrected chi connectivity index (χ1v) is 6.28. The molecule has 1 aromatic rings. The van der Waals surface area contributed by atoms with Crippen LogP contribution >= 0.6 is 0 Å². The number of nitrogens with zero attached hydrogens (tertiary/aromatic N) is 2. The molecule has 20 heavy (non-hydrogen) atoms. The molecule has 1 aliphatic rings. The van der Waals surface area contributed by atoms with Crippen molar-refractivity contribution in [3.05, 3.63) is 33.9 Å². The molecule has 0 unspecified atom stereocenters. The van der Waals surface area contributed by atoms with Gasteiger partial charge < -0.3 is 11.1 Å². The Morgan fingerprint density at radius 1 is 1.50 bits per heavy atom. The summed E-state index contributed by atoms with van der Waals surface area (Å²) < 4.78 is 0. The summed E-state index contributed by atoms with van der Waals surface area (Å²) in [5, 5.41) is 22.5. The second kappa shape index (κ2) is 5.57. The van der Waals surface area contributed by atoms with E-state index in [-0.39, 0.29) is 28.9 Å². The van der Waals surface area contributed by atoms with Crippen molar-refractivity contribution in [1.29, 1.82) is 5.26 Å². The van der Waals surface area contributed by atoms with Gasteiger partial charge in [-0.3, -0.25) is 14.9 Å². The monoisotopic (exact) mass is 274 g/mol. The molecule has 7 heteroatoms. The highest BCUT2D eigenvalue weighted by Crippen LogP contribution is 2.27. The Balaban J connectivity index is 2.20. The van der Waals surface area contributed by atoms with Gasteiger partial charge in [0.1, 0.15) is 5.69 Å². The molecule has 2 rings (SSSR count). The van der Waals surface area contributed by atoms with Gasteiger partial charge >= 0.3 is 0 Å². The molecular weight excluding hydrogens is 260 g/mol. The fourth-order valence-electron chi connectivity index (χ4n) is 2.44. The Bertz CT molecular complexity index is 594. The number of rotatable bonds is 3. The highest BCUT2D eigenvalue weighted by Gasteiger charge is 2.29. The van der Waals surface area contributed by atoms with Crippen molar-refractivity contribution >= 4 is 17.3 Å². The van der Waals surface area contributed by atoms with E-state index < -0.39 is 10.8 Å². The third kappa shape index (κ3) is 2.54. The fourth-order valence-corrected chi connectivity index (χ4v) is 2.44. The summed E-state index contributed by atoms with van der Waals surface area (Å²) in [5.74, 6) is -0.683. The molecule has 0 aromatic heterocycles. The van der Waals surface area contributed by atoms with Crippen molar-refractivity contribution in [3.63, 3.8) is 0 Å². The summed E-state index contributed by atoms with van der Waals surface area (Å²) in [6.07, 6.45) is 2.37. The number of nitrogens with two attached hydrogens (primary N) is 1. The number of amides is 1. The van der Waals surface area contributed by atoms with Crippen LogP contribution in [-0.2, 0) is 0 Å². The molecule has 1 aromatic carbocycles. The first-order chi connectivity index (χ1) is 9.54. The number of nitrogen functional groups attached to an aromatic ring is 1. The van der Waals surface area contributed by atoms with Crippen LogP contribution in [0.5, 0.6) is 0 Å². The lowest BCUT2D eigenvalue weighted by molar-refractivity contribution is -0.383. The standard InChI is InChI=1S/C13H14N4O3/c14-7-8-3-1-5-10(8)16-13(18)9-4-2-6-11(12(9)15)17(19)20/h2,4,6,8,10H,1,3,5,15H2,(H,16,18)/t8-,10+/m0/s1. The summed E-state index contributed by atoms with van der Waals surface area (Å²) in [4.78, 5) is 22.3. The van der Waals surface area contributed by atoms with Gasteiger partial charge in [-0.15, -0.1) is 0 Å². The minimum atomic E-state index is -0.625. The lowest BCUT2D eigenvalue weighted by atomic mass is 10.0. The van der Waals surface area contributed by atoms with Gasteiger partial charge in [0.25, 0.3) is 11.6 Å². The van der Waals surface area contributed by atoms with Crippen LogP contribution in [0.15, 0.2) is 18.2 Å². The minimum absolute atomic E-state index is 0.0720. The Labute approximate surface area is 115 Å². The second-order valence-electron chi connectivity index (χ2n) is 4.74. The molecule has 2 atom stereocenters. The zero-order chi connectivity index (χ0) is 14.7. The SMILES string of the molecule is N#C[C@@H]1CCC[C@H]1NC(=O)c1cccc([N+](=O)[O-])c1N. The van der Waals surface area contributed by atoms with Crippen LogP contribution in [0.25, 0.3) is 0 Å². The Kier molecular flexibility index (Phi) is 3.84. The van der Waals surface area contributed by atoms with E-state index in [1.54, 1.807) is 0 Å². The summed E-state index contributed by atoms with van der Waals surface area (Å²) in [6, 6.07) is 6.05. The lowest BCUT2D eigenvalue weighted by Crippen LogP contribution is -2.37. The van der Waals surface area contributed by atoms with E-state index in [4.69, 9.17) is 11.0 Å². The zero-order valence-electron chi connectivity index (χ0n) is 10.7. The summed E-state index contributed by atoms with van der Waals surface area (Å²) in [5.41, 5.74) is 5.29. The van der Waals surface area contributed by atoms with Crippen molar-refractivity contribution in [2.75, 3.05) is 5.73 Å². The third-order valence-corrected chi connectivity index (χ3v) is 3.52. The number of nitro benzene ring substituents is 1. The number of hydrogen-bond donors (Lipinski definition) is 2. The minimum Gasteiger partial charge on any atom is -0.393 e. The van der Waals surface area contributed by atoms with E-state index in [1.807, 2.05) is 0 Å². The normalized spacial score (nSPS) is 21.1. The van der Waals surface area contributed by atoms with Crippen LogP contribution in [-0.4, -0.2) is 16.9 Å². The molecule has 1 fully saturated rings. The predicted molar refractivity (Wildman–Crippen MR) is 71.7 cm³/mol. The molecule has 0 radical (unpaired) electrons. The van der Waals surface area contributed by atoms with Gasteiger partial charge in [-0.1, -0.05) is 6.07 Å². The summed E-state index contributed by atoms with van der Waals surface area (Å²) in [7, 11) is 0. The number of benzene rings is 1. The van der Waals surface area contributed by atoms with E-state index in [0.29, 0.717) is 0 Å². The first-order valence-electron chi connectivity index (χ1n) is 6.28. The van der Waals surface area contributed by atoms with E-state index >= 15 is 0 Å². The zero-order valence-corrected chi connectivity index (χ0v) is 10.7. The van der Waals surface area contributed by atoms with Gasteiger partial charge in [-0.25, -0.2) is 0 Å². The van der Waals surface area contributed by atoms with Crippen LogP contribution < -0.4 is 11.1 Å². The fraction of sp³-hybridized carbons (Fsp3) is 0.385. The average Bonchev–Trinajstić information content (AvgIpc) is 2.85. The maximum absolute atomic E-state index is 12.1. The Hall–Kier alpha value is -2.62. The number of nitriles is 1. The van der Waals surface area contributed by atoms with Gasteiger partial charge in [-0.05, 0) is 25.3 Å². The van der Waals surface area contributed by atoms with E-state index in [2.05, 4.69) is 11.4 Å². The average molecular weight is 274 g/mol. The molecule has 3 N–H and O–H groups in total. The highest BCUT2D eigenvalue weighted by molar-refractivity contribution is 6.01. The Morgan fingerprint density at radius 3 is 2.90 bits per heavy atom. The van der Waals surface area contributed by atoms with Crippen molar-refractivity contribution in [1.82, 2.24) is 5.32 Å². The number of nitrogens with one attached hydrogen (secondary N) is 1. The summed E-state index contributed by atoms with van der Waals surface area (Å²) in [6.45, 7) is 0. The van der Waals surface area contributed by atoms with E-state index in [9.17, 15) is 14.9 Å².